The summed E-state index contributed by atoms with van der Waals surface area (Å²) in [6.45, 7) is 5.57. The molecule has 0 atom stereocenters. The Morgan fingerprint density at radius 3 is 2.16 bits per heavy atom. The minimum absolute atomic E-state index is 0.0376. The number of sulfonamides is 1. The van der Waals surface area contributed by atoms with E-state index < -0.39 is 27.3 Å². The van der Waals surface area contributed by atoms with Crippen molar-refractivity contribution in [2.45, 2.75) is 56.1 Å². The number of nitrogens with two attached hydrogens (primary N) is 1. The van der Waals surface area contributed by atoms with E-state index in [9.17, 15) is 13.2 Å². The summed E-state index contributed by atoms with van der Waals surface area (Å²) in [4.78, 5) is 17.3. The molecule has 1 saturated carbocycles. The molecule has 6 rings (SSSR count). The summed E-state index contributed by atoms with van der Waals surface area (Å²) in [6.07, 6.45) is 4.01. The van der Waals surface area contributed by atoms with E-state index in [2.05, 4.69) is 10.3 Å². The van der Waals surface area contributed by atoms with E-state index in [0.717, 1.165) is 52.8 Å². The van der Waals surface area contributed by atoms with Gasteiger partial charge < -0.3 is 10.1 Å². The molecule has 1 aliphatic rings. The van der Waals surface area contributed by atoms with Gasteiger partial charge in [0.15, 0.2) is 5.65 Å². The van der Waals surface area contributed by atoms with E-state index in [4.69, 9.17) is 15.0 Å². The largest absolute Gasteiger partial charge is 0.444 e. The van der Waals surface area contributed by atoms with Gasteiger partial charge in [-0.05, 0) is 69.4 Å². The summed E-state index contributed by atoms with van der Waals surface area (Å²) in [5.74, 6) is 0. The van der Waals surface area contributed by atoms with E-state index in [-0.39, 0.29) is 4.90 Å². The van der Waals surface area contributed by atoms with Crippen LogP contribution in [0.25, 0.3) is 39.3 Å². The molecule has 9 nitrogen and oxygen atoms in total. The number of fused-ring (bicyclic) bond motifs is 1. The van der Waals surface area contributed by atoms with Crippen LogP contribution in [0, 0.1) is 0 Å². The first-order chi connectivity index (χ1) is 20.4. The van der Waals surface area contributed by atoms with Crippen molar-refractivity contribution < 1.29 is 17.9 Å². The van der Waals surface area contributed by atoms with Crippen LogP contribution in [0.1, 0.15) is 45.6 Å². The molecule has 0 bridgehead atoms. The first-order valence-corrected chi connectivity index (χ1v) is 15.7. The van der Waals surface area contributed by atoms with Crippen LogP contribution in [0.5, 0.6) is 0 Å². The van der Waals surface area contributed by atoms with E-state index >= 15 is 0 Å². The molecule has 0 aliphatic heterocycles. The van der Waals surface area contributed by atoms with Gasteiger partial charge in [-0.3, -0.25) is 0 Å². The first kappa shape index (κ1) is 28.6. The van der Waals surface area contributed by atoms with Gasteiger partial charge in [0.1, 0.15) is 5.60 Å². The van der Waals surface area contributed by atoms with Crippen molar-refractivity contribution >= 4 is 21.8 Å². The zero-order valence-corrected chi connectivity index (χ0v) is 25.1. The monoisotopic (exact) mass is 595 g/mol. The number of rotatable bonds is 6. The maximum atomic E-state index is 12.7. The number of primary sulfonamides is 1. The summed E-state index contributed by atoms with van der Waals surface area (Å²) in [6, 6.07) is 26.5. The van der Waals surface area contributed by atoms with Gasteiger partial charge in [-0.25, -0.2) is 27.9 Å². The molecule has 5 aromatic rings. The number of hydrogen-bond acceptors (Lipinski definition) is 6. The Labute approximate surface area is 250 Å². The summed E-state index contributed by atoms with van der Waals surface area (Å²) >= 11 is 0. The average Bonchev–Trinajstić information content (AvgIpc) is 3.37. The number of aromatic nitrogens is 3. The van der Waals surface area contributed by atoms with E-state index in [1.807, 2.05) is 81.4 Å². The highest BCUT2D eigenvalue weighted by atomic mass is 32.2. The predicted octanol–water partition coefficient (Wildman–Crippen LogP) is 6.28. The lowest BCUT2D eigenvalue weighted by atomic mass is 9.71. The van der Waals surface area contributed by atoms with E-state index in [0.29, 0.717) is 11.3 Å². The van der Waals surface area contributed by atoms with Gasteiger partial charge in [0.2, 0.25) is 10.0 Å². The van der Waals surface area contributed by atoms with Gasteiger partial charge in [0.25, 0.3) is 0 Å². The van der Waals surface area contributed by atoms with Crippen molar-refractivity contribution in [3.05, 3.63) is 96.7 Å². The lowest BCUT2D eigenvalue weighted by molar-refractivity contribution is 0.0377. The van der Waals surface area contributed by atoms with Gasteiger partial charge in [0, 0.05) is 16.7 Å². The topological polar surface area (TPSA) is 129 Å². The van der Waals surface area contributed by atoms with Crippen LogP contribution in [0.4, 0.5) is 4.79 Å². The standard InChI is InChI=1S/C33H33N5O4S/c1-32(2,3)42-31(39)36-33(18-7-19-33)25-14-10-24(11-15-25)30-27(22-8-5-4-6-9-22)20-29-35-21-28(38(29)37-30)23-12-16-26(17-13-23)43(34,40)41/h4-6,8-17,20-21H,7,18-19H2,1-3H3,(H,36,39)(H2,34,40,41). The maximum absolute atomic E-state index is 12.7. The Hall–Kier alpha value is -4.54. The number of amides is 1. The van der Waals surface area contributed by atoms with Gasteiger partial charge in [-0.15, -0.1) is 0 Å². The SMILES string of the molecule is CC(C)(C)OC(=O)NC1(c2ccc(-c3nn4c(-c5ccc(S(N)(=O)=O)cc5)cnc4cc3-c3ccccc3)cc2)CCC1. The molecular weight excluding hydrogens is 562 g/mol. The molecule has 10 heteroatoms. The number of alkyl carbamates (subject to hydrolysis) is 1. The number of ether oxygens (including phenoxy) is 1. The molecule has 1 fully saturated rings. The molecule has 220 valence electrons. The average molecular weight is 596 g/mol. The molecule has 0 unspecified atom stereocenters. The molecule has 0 radical (unpaired) electrons. The van der Waals surface area contributed by atoms with Crippen LogP contribution in [0.3, 0.4) is 0 Å². The second-order valence-corrected chi connectivity index (χ2v) is 13.5. The van der Waals surface area contributed by atoms with Crippen LogP contribution in [-0.2, 0) is 20.3 Å². The van der Waals surface area contributed by atoms with Crippen molar-refractivity contribution in [1.29, 1.82) is 0 Å². The fourth-order valence-electron chi connectivity index (χ4n) is 5.44. The number of nitrogens with one attached hydrogen (secondary N) is 1. The van der Waals surface area contributed by atoms with Crippen molar-refractivity contribution in [2.24, 2.45) is 5.14 Å². The van der Waals surface area contributed by atoms with Crippen LogP contribution >= 0.6 is 0 Å². The van der Waals surface area contributed by atoms with Gasteiger partial charge >= 0.3 is 6.09 Å². The summed E-state index contributed by atoms with van der Waals surface area (Å²) in [7, 11) is -3.81. The maximum Gasteiger partial charge on any atom is 0.408 e. The number of carbonyl (C=O) groups excluding carboxylic acids is 1. The Morgan fingerprint density at radius 1 is 0.930 bits per heavy atom. The highest BCUT2D eigenvalue weighted by Crippen LogP contribution is 2.42. The minimum Gasteiger partial charge on any atom is -0.444 e. The fourth-order valence-corrected chi connectivity index (χ4v) is 5.96. The van der Waals surface area contributed by atoms with Crippen molar-refractivity contribution in [3.8, 4) is 33.6 Å². The number of imidazole rings is 1. The van der Waals surface area contributed by atoms with Crippen molar-refractivity contribution in [1.82, 2.24) is 19.9 Å². The summed E-state index contributed by atoms with van der Waals surface area (Å²) < 4.78 is 30.8. The van der Waals surface area contributed by atoms with Crippen molar-refractivity contribution in [2.75, 3.05) is 0 Å². The third kappa shape index (κ3) is 5.76. The molecule has 43 heavy (non-hydrogen) atoms. The Balaban J connectivity index is 1.41. The lowest BCUT2D eigenvalue weighted by Crippen LogP contribution is -2.52. The number of nitrogens with zero attached hydrogens (tertiary/aromatic N) is 3. The molecule has 3 N–H and O–H groups in total. The number of benzene rings is 3. The van der Waals surface area contributed by atoms with Crippen molar-refractivity contribution in [3.63, 3.8) is 0 Å². The highest BCUT2D eigenvalue weighted by molar-refractivity contribution is 7.89. The van der Waals surface area contributed by atoms with Crippen LogP contribution in [0.2, 0.25) is 0 Å². The van der Waals surface area contributed by atoms with Gasteiger partial charge in [-0.2, -0.15) is 5.10 Å². The van der Waals surface area contributed by atoms with Gasteiger partial charge in [-0.1, -0.05) is 66.7 Å². The highest BCUT2D eigenvalue weighted by Gasteiger charge is 2.41. The van der Waals surface area contributed by atoms with Gasteiger partial charge in [0.05, 0.1) is 28.0 Å². The number of hydrogen-bond donors (Lipinski definition) is 2. The molecule has 0 saturated heterocycles. The third-order valence-electron chi connectivity index (χ3n) is 7.71. The second-order valence-electron chi connectivity index (χ2n) is 11.9. The minimum atomic E-state index is -3.81. The predicted molar refractivity (Wildman–Crippen MR) is 166 cm³/mol. The Kier molecular flexibility index (Phi) is 7.06. The smallest absolute Gasteiger partial charge is 0.408 e. The molecule has 1 amide bonds. The first-order valence-electron chi connectivity index (χ1n) is 14.1. The van der Waals surface area contributed by atoms with E-state index in [1.165, 1.54) is 12.1 Å². The van der Waals surface area contributed by atoms with Crippen LogP contribution in [-0.4, -0.2) is 34.7 Å². The second kappa shape index (κ2) is 10.6. The number of carbonyl (C=O) groups is 1. The third-order valence-corrected chi connectivity index (χ3v) is 8.64. The molecule has 0 spiro atoms. The quantitative estimate of drug-likeness (QED) is 0.238. The Bertz CT molecular complexity index is 1910. The fraction of sp³-hybridized carbons (Fsp3) is 0.242. The zero-order chi connectivity index (χ0) is 30.4. The zero-order valence-electron chi connectivity index (χ0n) is 24.2. The van der Waals surface area contributed by atoms with E-state index in [1.54, 1.807) is 22.8 Å². The summed E-state index contributed by atoms with van der Waals surface area (Å²) in [5.41, 5.74) is 5.69. The normalized spacial score (nSPS) is 14.7. The lowest BCUT2D eigenvalue weighted by Gasteiger charge is -2.43. The molecule has 3 aromatic carbocycles. The molecule has 2 heterocycles. The molecule has 2 aromatic heterocycles. The summed E-state index contributed by atoms with van der Waals surface area (Å²) in [5, 5.41) is 13.5. The van der Waals surface area contributed by atoms with Crippen LogP contribution < -0.4 is 10.5 Å². The van der Waals surface area contributed by atoms with Crippen LogP contribution in [0.15, 0.2) is 96.0 Å². The molecular formula is C33H33N5O4S. The Morgan fingerprint density at radius 2 is 1.58 bits per heavy atom. The molecule has 1 aliphatic carbocycles.